The molecular weight excluding hydrogens is 508 g/mol. The van der Waals surface area contributed by atoms with E-state index in [1.165, 1.54) is 26.4 Å². The highest BCUT2D eigenvalue weighted by atomic mass is 19.4. The van der Waals surface area contributed by atoms with Crippen molar-refractivity contribution in [1.29, 1.82) is 0 Å². The van der Waals surface area contributed by atoms with Crippen molar-refractivity contribution in [3.63, 3.8) is 0 Å². The summed E-state index contributed by atoms with van der Waals surface area (Å²) in [6.45, 7) is 3.97. The van der Waals surface area contributed by atoms with Crippen molar-refractivity contribution in [1.82, 2.24) is 14.9 Å². The van der Waals surface area contributed by atoms with Crippen molar-refractivity contribution >= 4 is 22.8 Å². The van der Waals surface area contributed by atoms with Gasteiger partial charge in [-0.1, -0.05) is 12.1 Å². The van der Waals surface area contributed by atoms with Gasteiger partial charge in [0.05, 0.1) is 37.4 Å². The van der Waals surface area contributed by atoms with Gasteiger partial charge in [-0.25, -0.2) is 19.2 Å². The number of aryl methyl sites for hydroxylation is 1. The van der Waals surface area contributed by atoms with Crippen LogP contribution in [0.3, 0.4) is 0 Å². The van der Waals surface area contributed by atoms with Crippen molar-refractivity contribution in [3.8, 4) is 11.5 Å². The topological polar surface area (TPSA) is 85.8 Å². The lowest BCUT2D eigenvalue weighted by Gasteiger charge is -2.24. The number of hydrogen-bond acceptors (Lipinski definition) is 7. The zero-order valence-corrected chi connectivity index (χ0v) is 21.4. The highest BCUT2D eigenvalue weighted by molar-refractivity contribution is 5.92. The first kappa shape index (κ1) is 27.2. The van der Waals surface area contributed by atoms with E-state index >= 15 is 0 Å². The molecule has 1 aliphatic heterocycles. The number of nitrogens with zero attached hydrogens (tertiary/aromatic N) is 3. The molecule has 3 aromatic rings. The first-order valence-electron chi connectivity index (χ1n) is 12.0. The van der Waals surface area contributed by atoms with Crippen LogP contribution >= 0.6 is 0 Å². The van der Waals surface area contributed by atoms with E-state index in [-0.39, 0.29) is 18.2 Å². The number of aromatic nitrogens is 2. The Balaban J connectivity index is 1.66. The van der Waals surface area contributed by atoms with Crippen LogP contribution < -0.4 is 14.8 Å². The van der Waals surface area contributed by atoms with Gasteiger partial charge in [-0.05, 0) is 38.8 Å². The van der Waals surface area contributed by atoms with E-state index in [4.69, 9.17) is 14.2 Å². The average molecular weight is 537 g/mol. The molecule has 8 nitrogen and oxygen atoms in total. The molecule has 4 rings (SSSR count). The summed E-state index contributed by atoms with van der Waals surface area (Å²) < 4.78 is 70.9. The molecule has 2 heterocycles. The van der Waals surface area contributed by atoms with Gasteiger partial charge in [-0.15, -0.1) is 0 Å². The largest absolute Gasteiger partial charge is 0.493 e. The number of likely N-dealkylation sites (tertiary alicyclic amines) is 1. The van der Waals surface area contributed by atoms with Crippen molar-refractivity contribution < 1.29 is 36.6 Å². The number of hydrogen-bond donors (Lipinski definition) is 1. The summed E-state index contributed by atoms with van der Waals surface area (Å²) in [4.78, 5) is 22.5. The molecule has 1 aliphatic rings. The Morgan fingerprint density at radius 1 is 1.21 bits per heavy atom. The number of ether oxygens (including phenoxy) is 3. The molecule has 0 bridgehead atoms. The molecule has 1 aromatic heterocycles. The lowest BCUT2D eigenvalue weighted by molar-refractivity contribution is -0.140. The molecule has 1 amide bonds. The highest BCUT2D eigenvalue weighted by Gasteiger charge is 2.35. The molecule has 1 N–H and O–H groups in total. The van der Waals surface area contributed by atoms with Crippen LogP contribution in [0.5, 0.6) is 11.5 Å². The molecule has 0 spiro atoms. The van der Waals surface area contributed by atoms with Crippen molar-refractivity contribution in [3.05, 3.63) is 53.1 Å². The summed E-state index contributed by atoms with van der Waals surface area (Å²) in [6.07, 6.45) is -3.67. The number of fused-ring (bicyclic) bond motifs is 1. The van der Waals surface area contributed by atoms with E-state index in [0.29, 0.717) is 46.7 Å². The number of rotatable bonds is 7. The molecule has 0 radical (unpaired) electrons. The molecular formula is C26H28F4N4O4. The smallest absolute Gasteiger partial charge is 0.419 e. The van der Waals surface area contributed by atoms with Gasteiger partial charge in [0.15, 0.2) is 11.5 Å². The van der Waals surface area contributed by atoms with Crippen LogP contribution in [0.25, 0.3) is 10.9 Å². The number of carbonyl (C=O) groups excluding carboxylic acids is 1. The van der Waals surface area contributed by atoms with Gasteiger partial charge in [0, 0.05) is 23.6 Å². The summed E-state index contributed by atoms with van der Waals surface area (Å²) in [5.74, 6) is 0.118. The lowest BCUT2D eigenvalue weighted by atomic mass is 10.0. The predicted octanol–water partition coefficient (Wildman–Crippen LogP) is 5.89. The van der Waals surface area contributed by atoms with E-state index in [0.717, 1.165) is 12.8 Å². The quantitative estimate of drug-likeness (QED) is 0.377. The summed E-state index contributed by atoms with van der Waals surface area (Å²) in [5.41, 5.74) is -0.989. The van der Waals surface area contributed by atoms with E-state index in [2.05, 4.69) is 15.3 Å². The summed E-state index contributed by atoms with van der Waals surface area (Å²) in [7, 11) is 2.81. The van der Waals surface area contributed by atoms with Crippen molar-refractivity contribution in [2.24, 2.45) is 0 Å². The zero-order chi connectivity index (χ0) is 27.6. The Morgan fingerprint density at radius 3 is 2.66 bits per heavy atom. The van der Waals surface area contributed by atoms with E-state index in [9.17, 15) is 22.4 Å². The van der Waals surface area contributed by atoms with Crippen LogP contribution in [0.1, 0.15) is 42.8 Å². The van der Waals surface area contributed by atoms with E-state index < -0.39 is 29.7 Å². The molecule has 1 saturated heterocycles. The van der Waals surface area contributed by atoms with Crippen LogP contribution in [-0.4, -0.2) is 54.4 Å². The maximum atomic E-state index is 14.8. The van der Waals surface area contributed by atoms with Crippen LogP contribution in [0.4, 0.5) is 28.2 Å². The number of nitrogens with one attached hydrogen (secondary N) is 1. The van der Waals surface area contributed by atoms with Crippen LogP contribution in [0.15, 0.2) is 30.3 Å². The average Bonchev–Trinajstić information content (AvgIpc) is 3.34. The summed E-state index contributed by atoms with van der Waals surface area (Å²) in [6, 6.07) is 5.45. The van der Waals surface area contributed by atoms with Gasteiger partial charge < -0.3 is 24.4 Å². The zero-order valence-electron chi connectivity index (χ0n) is 21.4. The Bertz CT molecular complexity index is 1330. The van der Waals surface area contributed by atoms with Gasteiger partial charge in [0.1, 0.15) is 24.1 Å². The third kappa shape index (κ3) is 5.53. The van der Waals surface area contributed by atoms with Gasteiger partial charge in [-0.2, -0.15) is 13.2 Å². The Kier molecular flexibility index (Phi) is 7.79. The lowest BCUT2D eigenvalue weighted by Crippen LogP contribution is -2.38. The second-order valence-corrected chi connectivity index (χ2v) is 8.98. The Hall–Kier alpha value is -3.83. The second kappa shape index (κ2) is 10.9. The van der Waals surface area contributed by atoms with E-state index in [1.54, 1.807) is 30.9 Å². The first-order chi connectivity index (χ1) is 18.0. The van der Waals surface area contributed by atoms with Crippen molar-refractivity contribution in [2.45, 2.75) is 44.9 Å². The third-order valence-corrected chi connectivity index (χ3v) is 6.46. The Morgan fingerprint density at radius 2 is 1.97 bits per heavy atom. The van der Waals surface area contributed by atoms with Gasteiger partial charge >= 0.3 is 12.3 Å². The number of halogens is 4. The molecule has 204 valence electrons. The number of benzene rings is 2. The maximum Gasteiger partial charge on any atom is 0.419 e. The number of anilines is 1. The number of methoxy groups -OCH3 is 2. The fourth-order valence-corrected chi connectivity index (χ4v) is 4.57. The summed E-state index contributed by atoms with van der Waals surface area (Å²) in [5, 5.41) is 3.53. The van der Waals surface area contributed by atoms with E-state index in [1.807, 2.05) is 0 Å². The van der Waals surface area contributed by atoms with Crippen molar-refractivity contribution in [2.75, 3.05) is 32.7 Å². The minimum absolute atomic E-state index is 0.154. The number of alkyl halides is 3. The van der Waals surface area contributed by atoms with Crippen LogP contribution in [-0.2, 0) is 10.9 Å². The molecule has 2 aromatic carbocycles. The summed E-state index contributed by atoms with van der Waals surface area (Å²) >= 11 is 0. The second-order valence-electron chi connectivity index (χ2n) is 8.98. The molecule has 0 aliphatic carbocycles. The van der Waals surface area contributed by atoms with Gasteiger partial charge in [0.25, 0.3) is 0 Å². The molecule has 2 atom stereocenters. The fraction of sp³-hybridized carbons (Fsp3) is 0.423. The third-order valence-electron chi connectivity index (χ3n) is 6.46. The normalized spacial score (nSPS) is 16.4. The van der Waals surface area contributed by atoms with Crippen LogP contribution in [0, 0.1) is 12.7 Å². The van der Waals surface area contributed by atoms with Crippen LogP contribution in [0.2, 0.25) is 0 Å². The van der Waals surface area contributed by atoms with Gasteiger partial charge in [-0.3, -0.25) is 0 Å². The first-order valence-corrected chi connectivity index (χ1v) is 12.0. The maximum absolute atomic E-state index is 14.8. The standard InChI is InChI=1S/C26H28F4N4O4/c1-14(17-8-5-9-19(23(17)27)26(28,29)30)31-24-18-11-22(21(36-3)12-20(18)32-15(2)33-24)38-13-16-7-6-10-34(16)25(35)37-4/h5,8-9,11-12,14,16H,6-7,10,13H2,1-4H3,(H,31,32,33)/t14-,16+/m1/s1. The minimum atomic E-state index is -4.82. The minimum Gasteiger partial charge on any atom is -0.493 e. The Labute approximate surface area is 216 Å². The highest BCUT2D eigenvalue weighted by Crippen LogP contribution is 2.37. The number of carbonyl (C=O) groups is 1. The SMILES string of the molecule is COC(=O)N1CCC[C@H]1COc1cc2c(N[C@H](C)c3cccc(C(F)(F)F)c3F)nc(C)nc2cc1OC. The molecule has 1 fully saturated rings. The molecule has 0 unspecified atom stereocenters. The molecule has 12 heteroatoms. The van der Waals surface area contributed by atoms with Gasteiger partial charge in [0.2, 0.25) is 0 Å². The molecule has 0 saturated carbocycles. The predicted molar refractivity (Wildman–Crippen MR) is 132 cm³/mol. The fourth-order valence-electron chi connectivity index (χ4n) is 4.57. The number of amides is 1. The molecule has 38 heavy (non-hydrogen) atoms. The monoisotopic (exact) mass is 536 g/mol.